The third-order valence-electron chi connectivity index (χ3n) is 2.22. The molecule has 1 aliphatic rings. The van der Waals surface area contributed by atoms with Crippen LogP contribution in [0.25, 0.3) is 0 Å². The van der Waals surface area contributed by atoms with Gasteiger partial charge in [0.15, 0.2) is 0 Å². The van der Waals surface area contributed by atoms with Crippen LogP contribution >= 0.6 is 31.9 Å². The fourth-order valence-corrected chi connectivity index (χ4v) is 2.21. The highest BCUT2D eigenvalue weighted by Gasteiger charge is 2.33. The van der Waals surface area contributed by atoms with Gasteiger partial charge in [-0.05, 0) is 6.42 Å². The van der Waals surface area contributed by atoms with Gasteiger partial charge in [-0.3, -0.25) is 0 Å². The van der Waals surface area contributed by atoms with Crippen molar-refractivity contribution in [1.82, 2.24) is 10.6 Å². The summed E-state index contributed by atoms with van der Waals surface area (Å²) >= 11 is 6.53. The van der Waals surface area contributed by atoms with Crippen molar-refractivity contribution < 1.29 is 14.3 Å². The first kappa shape index (κ1) is 13.5. The maximum absolute atomic E-state index is 11.6. The van der Waals surface area contributed by atoms with Crippen LogP contribution < -0.4 is 10.6 Å². The molecule has 1 unspecified atom stereocenters. The van der Waals surface area contributed by atoms with Gasteiger partial charge in [0, 0.05) is 0 Å². The van der Waals surface area contributed by atoms with Gasteiger partial charge in [-0.2, -0.15) is 0 Å². The van der Waals surface area contributed by atoms with E-state index in [1.165, 1.54) is 7.11 Å². The van der Waals surface area contributed by atoms with E-state index >= 15 is 0 Å². The van der Waals surface area contributed by atoms with Gasteiger partial charge >= 0.3 is 12.0 Å². The minimum Gasteiger partial charge on any atom is -0.466 e. The van der Waals surface area contributed by atoms with Crippen molar-refractivity contribution in [2.24, 2.45) is 0 Å². The molecule has 5 nitrogen and oxygen atoms in total. The minimum atomic E-state index is -0.446. The molecule has 2 amide bonds. The van der Waals surface area contributed by atoms with E-state index in [4.69, 9.17) is 4.74 Å². The number of carbonyl (C=O) groups is 2. The van der Waals surface area contributed by atoms with Gasteiger partial charge in [0.25, 0.3) is 0 Å². The van der Waals surface area contributed by atoms with Crippen molar-refractivity contribution in [1.29, 1.82) is 0 Å². The van der Waals surface area contributed by atoms with Gasteiger partial charge in [-0.1, -0.05) is 38.8 Å². The fourth-order valence-electron chi connectivity index (χ4n) is 1.48. The van der Waals surface area contributed by atoms with Crippen LogP contribution in [0.1, 0.15) is 13.3 Å². The zero-order chi connectivity index (χ0) is 12.3. The summed E-state index contributed by atoms with van der Waals surface area (Å²) in [6, 6.07) is -0.646. The maximum Gasteiger partial charge on any atom is 0.337 e. The lowest BCUT2D eigenvalue weighted by molar-refractivity contribution is -0.136. The van der Waals surface area contributed by atoms with Gasteiger partial charge < -0.3 is 15.4 Å². The molecule has 1 atom stereocenters. The van der Waals surface area contributed by atoms with Crippen LogP contribution in [0.3, 0.4) is 0 Å². The number of methoxy groups -OCH3 is 1. The average molecular weight is 356 g/mol. The van der Waals surface area contributed by atoms with Crippen molar-refractivity contribution in [2.45, 2.75) is 23.1 Å². The highest BCUT2D eigenvalue weighted by Crippen LogP contribution is 2.25. The van der Waals surface area contributed by atoms with Crippen molar-refractivity contribution in [2.75, 3.05) is 7.11 Å². The van der Waals surface area contributed by atoms with Crippen LogP contribution in [0.5, 0.6) is 0 Å². The molecule has 2 N–H and O–H groups in total. The molecule has 0 fully saturated rings. The molecule has 0 aromatic carbocycles. The Labute approximate surface area is 110 Å². The number of hydrogen-bond donors (Lipinski definition) is 2. The molecule has 0 aromatic heterocycles. The summed E-state index contributed by atoms with van der Waals surface area (Å²) in [4.78, 5) is 23.0. The van der Waals surface area contributed by atoms with E-state index in [2.05, 4.69) is 42.5 Å². The predicted molar refractivity (Wildman–Crippen MR) is 66.4 cm³/mol. The predicted octanol–water partition coefficient (Wildman–Crippen LogP) is 1.62. The molecule has 0 saturated heterocycles. The number of nitrogens with one attached hydrogen (secondary N) is 2. The Kier molecular flexibility index (Phi) is 4.79. The van der Waals surface area contributed by atoms with Crippen molar-refractivity contribution in [3.8, 4) is 0 Å². The zero-order valence-corrected chi connectivity index (χ0v) is 12.0. The quantitative estimate of drug-likeness (QED) is 0.597. The third kappa shape index (κ3) is 2.76. The highest BCUT2D eigenvalue weighted by molar-refractivity contribution is 9.24. The fraction of sp³-hybridized carbons (Fsp3) is 0.556. The van der Waals surface area contributed by atoms with E-state index in [-0.39, 0.29) is 15.8 Å². The lowest BCUT2D eigenvalue weighted by Crippen LogP contribution is -2.51. The van der Waals surface area contributed by atoms with Crippen LogP contribution in [0.2, 0.25) is 0 Å². The molecule has 0 saturated carbocycles. The average Bonchev–Trinajstić information content (AvgIpc) is 2.26. The number of hydrogen-bond acceptors (Lipinski definition) is 3. The summed E-state index contributed by atoms with van der Waals surface area (Å²) in [7, 11) is 1.31. The Bertz CT molecular complexity index is 342. The molecule has 90 valence electrons. The lowest BCUT2D eigenvalue weighted by Gasteiger charge is -2.28. The molecule has 16 heavy (non-hydrogen) atoms. The summed E-state index contributed by atoms with van der Waals surface area (Å²) in [5.74, 6) is -0.446. The monoisotopic (exact) mass is 354 g/mol. The third-order valence-corrected chi connectivity index (χ3v) is 3.14. The molecule has 1 heterocycles. The van der Waals surface area contributed by atoms with Gasteiger partial charge in [0.2, 0.25) is 0 Å². The van der Waals surface area contributed by atoms with E-state index in [1.807, 2.05) is 6.92 Å². The molecule has 1 aliphatic heterocycles. The molecule has 0 spiro atoms. The zero-order valence-electron chi connectivity index (χ0n) is 8.84. The number of allylic oxidation sites excluding steroid dienone is 1. The Morgan fingerprint density at radius 2 is 2.19 bits per heavy atom. The van der Waals surface area contributed by atoms with E-state index in [1.54, 1.807) is 0 Å². The smallest absolute Gasteiger partial charge is 0.337 e. The van der Waals surface area contributed by atoms with Crippen molar-refractivity contribution in [3.05, 3.63) is 11.3 Å². The van der Waals surface area contributed by atoms with E-state index in [0.29, 0.717) is 17.7 Å². The first-order valence-electron chi connectivity index (χ1n) is 4.69. The largest absolute Gasteiger partial charge is 0.466 e. The van der Waals surface area contributed by atoms with E-state index in [0.717, 1.165) is 0 Å². The maximum atomic E-state index is 11.6. The normalized spacial score (nSPS) is 20.6. The SMILES string of the molecule is CCC1NC(=O)NC(C(Br)Br)=C1C(=O)OC. The van der Waals surface area contributed by atoms with Crippen LogP contribution in [0.15, 0.2) is 11.3 Å². The second kappa shape index (κ2) is 5.67. The molecule has 7 heteroatoms. The molecular weight excluding hydrogens is 344 g/mol. The van der Waals surface area contributed by atoms with Crippen molar-refractivity contribution >= 4 is 43.9 Å². The number of urea groups is 1. The van der Waals surface area contributed by atoms with Crippen LogP contribution in [-0.2, 0) is 9.53 Å². The Hall–Kier alpha value is -0.560. The Morgan fingerprint density at radius 1 is 1.56 bits per heavy atom. The first-order chi connectivity index (χ1) is 7.51. The summed E-state index contributed by atoms with van der Waals surface area (Å²) < 4.78 is 4.41. The number of ether oxygens (including phenoxy) is 1. The number of rotatable bonds is 3. The van der Waals surface area contributed by atoms with Crippen LogP contribution in [-0.4, -0.2) is 28.9 Å². The minimum absolute atomic E-state index is 0.297. The van der Waals surface area contributed by atoms with Crippen molar-refractivity contribution in [3.63, 3.8) is 0 Å². The second-order valence-electron chi connectivity index (χ2n) is 3.18. The van der Waals surface area contributed by atoms with Gasteiger partial charge in [-0.15, -0.1) is 0 Å². The molecule has 1 rings (SSSR count). The van der Waals surface area contributed by atoms with Crippen LogP contribution in [0, 0.1) is 0 Å². The second-order valence-corrected chi connectivity index (χ2v) is 6.24. The van der Waals surface area contributed by atoms with E-state index in [9.17, 15) is 9.59 Å². The van der Waals surface area contributed by atoms with Gasteiger partial charge in [0.05, 0.1) is 24.4 Å². The molecule has 0 aromatic rings. The van der Waals surface area contributed by atoms with Gasteiger partial charge in [0.1, 0.15) is 3.74 Å². The molecular formula is C9H12Br2N2O3. The number of carbonyl (C=O) groups excluding carboxylic acids is 2. The van der Waals surface area contributed by atoms with E-state index < -0.39 is 5.97 Å². The molecule has 0 radical (unpaired) electrons. The molecule has 0 aliphatic carbocycles. The lowest BCUT2D eigenvalue weighted by atomic mass is 10.0. The standard InChI is InChI=1S/C9H12Br2N2O3/c1-3-4-5(8(14)16-2)6(7(10)11)13-9(15)12-4/h4,7H,3H2,1-2H3,(H2,12,13,15). The number of halogens is 2. The summed E-state index contributed by atoms with van der Waals surface area (Å²) in [6.45, 7) is 1.88. The Balaban J connectivity index is 3.18. The Morgan fingerprint density at radius 3 is 2.62 bits per heavy atom. The number of amides is 2. The summed E-state index contributed by atoms with van der Waals surface area (Å²) in [6.07, 6.45) is 0.619. The highest BCUT2D eigenvalue weighted by atomic mass is 79.9. The number of alkyl halides is 2. The topological polar surface area (TPSA) is 67.4 Å². The number of esters is 1. The first-order valence-corrected chi connectivity index (χ1v) is 6.52. The summed E-state index contributed by atoms with van der Waals surface area (Å²) in [5.41, 5.74) is 0.922. The molecule has 0 bridgehead atoms. The summed E-state index contributed by atoms with van der Waals surface area (Å²) in [5, 5.41) is 5.25. The van der Waals surface area contributed by atoms with Crippen LogP contribution in [0.4, 0.5) is 4.79 Å². The van der Waals surface area contributed by atoms with Gasteiger partial charge in [-0.25, -0.2) is 9.59 Å².